The second-order valence-electron chi connectivity index (χ2n) is 2.47. The van der Waals surface area contributed by atoms with Gasteiger partial charge in [-0.05, 0) is 30.8 Å². The van der Waals surface area contributed by atoms with Crippen molar-refractivity contribution in [3.8, 4) is 0 Å². The average molecular weight is 212 g/mol. The van der Waals surface area contributed by atoms with Crippen LogP contribution in [-0.2, 0) is 4.74 Å². The third-order valence-corrected chi connectivity index (χ3v) is 2.33. The van der Waals surface area contributed by atoms with Crippen LogP contribution in [0.1, 0.15) is 5.56 Å². The summed E-state index contributed by atoms with van der Waals surface area (Å²) in [5, 5.41) is 1.30. The highest BCUT2D eigenvalue weighted by atomic mass is 35.5. The van der Waals surface area contributed by atoms with E-state index in [9.17, 15) is 0 Å². The lowest BCUT2D eigenvalue weighted by molar-refractivity contribution is 0.470. The summed E-state index contributed by atoms with van der Waals surface area (Å²) >= 11 is 6.99. The molecule has 0 spiro atoms. The Balaban J connectivity index is 2.27. The molecule has 1 heterocycles. The maximum Gasteiger partial charge on any atom is 0.234 e. The summed E-state index contributed by atoms with van der Waals surface area (Å²) in [6, 6.07) is 7.32. The Morgan fingerprint density at radius 3 is 2.54 bits per heavy atom. The molecule has 0 aromatic heterocycles. The number of ether oxygens (including phenoxy) is 1. The first-order valence-electron chi connectivity index (χ1n) is 3.63. The highest BCUT2D eigenvalue weighted by Crippen LogP contribution is 2.27. The maximum absolute atomic E-state index is 5.74. The Morgan fingerprint density at radius 1 is 1.31 bits per heavy atom. The Hall–Kier alpha value is -0.930. The van der Waals surface area contributed by atoms with E-state index in [4.69, 9.17) is 16.3 Å². The second-order valence-corrected chi connectivity index (χ2v) is 3.73. The van der Waals surface area contributed by atoms with E-state index in [0.717, 1.165) is 5.56 Å². The quantitative estimate of drug-likeness (QED) is 0.666. The highest BCUT2D eigenvalue weighted by molar-refractivity contribution is 8.02. The summed E-state index contributed by atoms with van der Waals surface area (Å²) in [5.41, 5.74) is 0.913. The van der Waals surface area contributed by atoms with Gasteiger partial charge in [0.25, 0.3) is 0 Å². The second kappa shape index (κ2) is 3.44. The predicted octanol–water partition coefficient (Wildman–Crippen LogP) is 3.24. The highest BCUT2D eigenvalue weighted by Gasteiger charge is 2.14. The molecule has 0 bridgehead atoms. The lowest BCUT2D eigenvalue weighted by Crippen LogP contribution is -1.98. The van der Waals surface area contributed by atoms with E-state index >= 15 is 0 Å². The molecule has 13 heavy (non-hydrogen) atoms. The monoisotopic (exact) mass is 211 g/mol. The van der Waals surface area contributed by atoms with Crippen molar-refractivity contribution in [2.24, 2.45) is 4.40 Å². The molecule has 0 saturated carbocycles. The Bertz CT molecular complexity index is 372. The number of nitrogens with zero attached hydrogens (tertiary/aromatic N) is 1. The van der Waals surface area contributed by atoms with E-state index in [1.807, 2.05) is 12.1 Å². The molecule has 0 unspecified atom stereocenters. The smallest absolute Gasteiger partial charge is 0.234 e. The zero-order valence-corrected chi connectivity index (χ0v) is 8.23. The lowest BCUT2D eigenvalue weighted by Gasteiger charge is -1.99. The van der Waals surface area contributed by atoms with E-state index in [1.165, 1.54) is 11.9 Å². The molecule has 0 atom stereocenters. The topological polar surface area (TPSA) is 21.6 Å². The minimum atomic E-state index is 0.590. The number of benzene rings is 1. The van der Waals surface area contributed by atoms with Crippen LogP contribution in [0, 0.1) is 0 Å². The maximum atomic E-state index is 5.74. The largest absolute Gasteiger partial charge is 0.430 e. The molecule has 0 amide bonds. The fourth-order valence-corrected chi connectivity index (χ4v) is 1.51. The predicted molar refractivity (Wildman–Crippen MR) is 55.8 cm³/mol. The Morgan fingerprint density at radius 2 is 2.00 bits per heavy atom. The molecule has 1 aliphatic rings. The van der Waals surface area contributed by atoms with Gasteiger partial charge in [0, 0.05) is 10.6 Å². The minimum absolute atomic E-state index is 0.590. The number of rotatable bonds is 1. The molecule has 1 aromatic rings. The molecule has 2 nitrogen and oxygen atoms in total. The third-order valence-electron chi connectivity index (χ3n) is 1.53. The SMILES string of the molecule is C=C1OC(c2ccc(Cl)cc2)=NS1. The van der Waals surface area contributed by atoms with Gasteiger partial charge in [-0.2, -0.15) is 4.40 Å². The van der Waals surface area contributed by atoms with Gasteiger partial charge in [0.05, 0.1) is 11.9 Å². The molecular weight excluding hydrogens is 206 g/mol. The van der Waals surface area contributed by atoms with Gasteiger partial charge in [0.15, 0.2) is 5.09 Å². The number of hydrogen-bond acceptors (Lipinski definition) is 3. The third kappa shape index (κ3) is 1.87. The summed E-state index contributed by atoms with van der Waals surface area (Å²) < 4.78 is 9.35. The van der Waals surface area contributed by atoms with E-state index in [0.29, 0.717) is 16.0 Å². The van der Waals surface area contributed by atoms with Crippen molar-refractivity contribution < 1.29 is 4.74 Å². The van der Waals surface area contributed by atoms with Crippen molar-refractivity contribution >= 4 is 29.4 Å². The minimum Gasteiger partial charge on any atom is -0.430 e. The summed E-state index contributed by atoms with van der Waals surface area (Å²) in [5.74, 6) is 0.590. The molecule has 0 saturated heterocycles. The fraction of sp³-hybridized carbons (Fsp3) is 0. The van der Waals surface area contributed by atoms with Crippen molar-refractivity contribution in [2.45, 2.75) is 0 Å². The van der Waals surface area contributed by atoms with Crippen LogP contribution in [0.2, 0.25) is 5.02 Å². The van der Waals surface area contributed by atoms with Gasteiger partial charge in [0.2, 0.25) is 5.90 Å². The van der Waals surface area contributed by atoms with Gasteiger partial charge < -0.3 is 4.74 Å². The van der Waals surface area contributed by atoms with Crippen molar-refractivity contribution in [3.05, 3.63) is 46.5 Å². The van der Waals surface area contributed by atoms with Gasteiger partial charge in [-0.25, -0.2) is 0 Å². The summed E-state index contributed by atoms with van der Waals surface area (Å²) in [4.78, 5) is 0. The van der Waals surface area contributed by atoms with Gasteiger partial charge in [-0.15, -0.1) is 0 Å². The van der Waals surface area contributed by atoms with Crippen LogP contribution < -0.4 is 0 Å². The van der Waals surface area contributed by atoms with E-state index in [1.54, 1.807) is 12.1 Å². The average Bonchev–Trinajstić information content (AvgIpc) is 2.53. The van der Waals surface area contributed by atoms with Gasteiger partial charge >= 0.3 is 0 Å². The molecule has 2 rings (SSSR count). The van der Waals surface area contributed by atoms with Crippen LogP contribution in [0.3, 0.4) is 0 Å². The molecule has 66 valence electrons. The van der Waals surface area contributed by atoms with Crippen molar-refractivity contribution in [1.82, 2.24) is 0 Å². The molecular formula is C9H6ClNOS. The van der Waals surface area contributed by atoms with E-state index in [-0.39, 0.29) is 0 Å². The normalized spacial score (nSPS) is 15.5. The van der Waals surface area contributed by atoms with Gasteiger partial charge in [0.1, 0.15) is 0 Å². The van der Waals surface area contributed by atoms with Crippen LogP contribution in [0.4, 0.5) is 0 Å². The van der Waals surface area contributed by atoms with Crippen LogP contribution in [0.15, 0.2) is 40.3 Å². The van der Waals surface area contributed by atoms with Crippen molar-refractivity contribution in [1.29, 1.82) is 0 Å². The summed E-state index contributed by atoms with van der Waals surface area (Å²) in [7, 11) is 0. The van der Waals surface area contributed by atoms with Gasteiger partial charge in [-0.3, -0.25) is 0 Å². The molecule has 0 radical (unpaired) electrons. The summed E-state index contributed by atoms with van der Waals surface area (Å²) in [6.07, 6.45) is 0. The van der Waals surface area contributed by atoms with Crippen LogP contribution in [-0.4, -0.2) is 5.90 Å². The molecule has 1 aromatic carbocycles. The first kappa shape index (κ1) is 8.66. The van der Waals surface area contributed by atoms with Crippen LogP contribution in [0.25, 0.3) is 0 Å². The molecule has 0 aliphatic carbocycles. The van der Waals surface area contributed by atoms with Crippen LogP contribution >= 0.6 is 23.5 Å². The zero-order valence-electron chi connectivity index (χ0n) is 6.66. The number of halogens is 1. The molecule has 4 heteroatoms. The number of hydrogen-bond donors (Lipinski definition) is 0. The standard InChI is InChI=1S/C9H6ClNOS/c1-6-12-9(11-13-6)7-2-4-8(10)5-3-7/h2-5H,1H2. The van der Waals surface area contributed by atoms with E-state index < -0.39 is 0 Å². The molecule has 0 N–H and O–H groups in total. The van der Waals surface area contributed by atoms with Crippen molar-refractivity contribution in [2.75, 3.05) is 0 Å². The first-order valence-corrected chi connectivity index (χ1v) is 4.78. The Labute approximate surface area is 85.4 Å². The van der Waals surface area contributed by atoms with Crippen LogP contribution in [0.5, 0.6) is 0 Å². The summed E-state index contributed by atoms with van der Waals surface area (Å²) in [6.45, 7) is 3.65. The molecule has 1 aliphatic heterocycles. The van der Waals surface area contributed by atoms with Gasteiger partial charge in [-0.1, -0.05) is 11.6 Å². The Kier molecular flexibility index (Phi) is 2.29. The van der Waals surface area contributed by atoms with E-state index in [2.05, 4.69) is 11.0 Å². The first-order chi connectivity index (χ1) is 6.25. The zero-order chi connectivity index (χ0) is 9.26. The fourth-order valence-electron chi connectivity index (χ4n) is 0.942. The molecule has 0 fully saturated rings. The van der Waals surface area contributed by atoms with Crippen molar-refractivity contribution in [3.63, 3.8) is 0 Å². The lowest BCUT2D eigenvalue weighted by atomic mass is 10.2.